The zero-order valence-corrected chi connectivity index (χ0v) is 13.6. The second-order valence-corrected chi connectivity index (χ2v) is 6.06. The minimum Gasteiger partial charge on any atom is -0.489 e. The van der Waals surface area contributed by atoms with Crippen LogP contribution in [0.15, 0.2) is 18.2 Å². The van der Waals surface area contributed by atoms with Crippen molar-refractivity contribution in [1.29, 1.82) is 0 Å². The largest absolute Gasteiger partial charge is 0.489 e. The van der Waals surface area contributed by atoms with Crippen LogP contribution in [0.25, 0.3) is 0 Å². The molecular formula is C17H23FN2O4. The van der Waals surface area contributed by atoms with Crippen LogP contribution >= 0.6 is 0 Å². The summed E-state index contributed by atoms with van der Waals surface area (Å²) in [4.78, 5) is 12.2. The van der Waals surface area contributed by atoms with Crippen molar-refractivity contribution in [1.82, 2.24) is 5.32 Å². The summed E-state index contributed by atoms with van der Waals surface area (Å²) in [5, 5.41) is 5.95. The lowest BCUT2D eigenvalue weighted by atomic mass is 10.2. The molecule has 2 unspecified atom stereocenters. The first-order valence-corrected chi connectivity index (χ1v) is 8.35. The van der Waals surface area contributed by atoms with Gasteiger partial charge in [0, 0.05) is 31.7 Å². The molecule has 0 radical (unpaired) electrons. The Labute approximate surface area is 140 Å². The highest BCUT2D eigenvalue weighted by Gasteiger charge is 2.20. The molecule has 2 heterocycles. The number of hydrogen-bond acceptors (Lipinski definition) is 5. The fraction of sp³-hybridized carbons (Fsp3) is 0.588. The lowest BCUT2D eigenvalue weighted by Gasteiger charge is -2.23. The molecule has 2 N–H and O–H groups in total. The van der Waals surface area contributed by atoms with Crippen molar-refractivity contribution >= 4 is 11.6 Å². The van der Waals surface area contributed by atoms with Crippen molar-refractivity contribution in [2.24, 2.45) is 0 Å². The Morgan fingerprint density at radius 1 is 1.42 bits per heavy atom. The number of nitrogens with one attached hydrogen (secondary N) is 2. The molecule has 2 fully saturated rings. The molecular weight excluding hydrogens is 315 g/mol. The number of amides is 1. The smallest absolute Gasteiger partial charge is 0.226 e. The van der Waals surface area contributed by atoms with Gasteiger partial charge in [-0.1, -0.05) is 0 Å². The quantitative estimate of drug-likeness (QED) is 0.826. The molecule has 0 spiro atoms. The Kier molecular flexibility index (Phi) is 6.01. The zero-order chi connectivity index (χ0) is 16.8. The van der Waals surface area contributed by atoms with E-state index in [-0.39, 0.29) is 24.5 Å². The predicted molar refractivity (Wildman–Crippen MR) is 86.7 cm³/mol. The van der Waals surface area contributed by atoms with Gasteiger partial charge in [0.1, 0.15) is 18.2 Å². The van der Waals surface area contributed by atoms with Crippen LogP contribution in [0.5, 0.6) is 5.75 Å². The van der Waals surface area contributed by atoms with Crippen LogP contribution in [-0.4, -0.2) is 51.0 Å². The molecule has 2 aliphatic rings. The molecule has 24 heavy (non-hydrogen) atoms. The van der Waals surface area contributed by atoms with Gasteiger partial charge in [-0.3, -0.25) is 4.79 Å². The summed E-state index contributed by atoms with van der Waals surface area (Å²) in [6, 6.07) is 4.09. The van der Waals surface area contributed by atoms with Crippen molar-refractivity contribution in [2.75, 3.05) is 38.3 Å². The summed E-state index contributed by atoms with van der Waals surface area (Å²) in [6.07, 6.45) is 2.30. The van der Waals surface area contributed by atoms with Crippen LogP contribution in [0, 0.1) is 5.82 Å². The molecule has 0 saturated carbocycles. The SMILES string of the molecule is O=C(CC1COCCN1)Nc1cc(F)ccc1OCC1CCCO1. The molecule has 2 atom stereocenters. The summed E-state index contributed by atoms with van der Waals surface area (Å²) in [5.41, 5.74) is 0.342. The molecule has 0 aliphatic carbocycles. The fourth-order valence-electron chi connectivity index (χ4n) is 2.86. The molecule has 6 nitrogen and oxygen atoms in total. The standard InChI is InChI=1S/C17H23FN2O4/c18-12-3-4-16(24-11-14-2-1-6-23-14)15(8-12)20-17(21)9-13-10-22-7-5-19-13/h3-4,8,13-14,19H,1-2,5-7,9-11H2,(H,20,21). The van der Waals surface area contributed by atoms with Gasteiger partial charge in [-0.05, 0) is 25.0 Å². The number of carbonyl (C=O) groups is 1. The summed E-state index contributed by atoms with van der Waals surface area (Å²) < 4.78 is 30.1. The van der Waals surface area contributed by atoms with E-state index in [2.05, 4.69) is 10.6 Å². The van der Waals surface area contributed by atoms with Crippen molar-refractivity contribution in [2.45, 2.75) is 31.4 Å². The van der Waals surface area contributed by atoms with E-state index in [9.17, 15) is 9.18 Å². The first-order valence-electron chi connectivity index (χ1n) is 8.35. The van der Waals surface area contributed by atoms with Gasteiger partial charge in [0.2, 0.25) is 5.91 Å². The molecule has 3 rings (SSSR count). The first-order chi connectivity index (χ1) is 11.7. The Bertz CT molecular complexity index is 558. The van der Waals surface area contributed by atoms with Gasteiger partial charge in [0.15, 0.2) is 0 Å². The average molecular weight is 338 g/mol. The Morgan fingerprint density at radius 3 is 3.08 bits per heavy atom. The molecule has 1 aromatic rings. The van der Waals surface area contributed by atoms with Gasteiger partial charge < -0.3 is 24.8 Å². The number of carbonyl (C=O) groups excluding carboxylic acids is 1. The van der Waals surface area contributed by atoms with Gasteiger partial charge in [-0.15, -0.1) is 0 Å². The zero-order valence-electron chi connectivity index (χ0n) is 13.6. The topological polar surface area (TPSA) is 68.8 Å². The highest BCUT2D eigenvalue weighted by Crippen LogP contribution is 2.27. The molecule has 7 heteroatoms. The van der Waals surface area contributed by atoms with Crippen molar-refractivity contribution in [3.05, 3.63) is 24.0 Å². The van der Waals surface area contributed by atoms with Crippen LogP contribution in [0.2, 0.25) is 0 Å². The lowest BCUT2D eigenvalue weighted by molar-refractivity contribution is -0.117. The minimum atomic E-state index is -0.422. The number of halogens is 1. The minimum absolute atomic E-state index is 0.0245. The summed E-state index contributed by atoms with van der Waals surface area (Å²) in [7, 11) is 0. The normalized spacial score (nSPS) is 23.9. The van der Waals surface area contributed by atoms with Gasteiger partial charge in [-0.25, -0.2) is 4.39 Å². The molecule has 0 aromatic heterocycles. The summed E-state index contributed by atoms with van der Waals surface area (Å²) in [6.45, 7) is 3.03. The predicted octanol–water partition coefficient (Wildman–Crippen LogP) is 1.70. The van der Waals surface area contributed by atoms with E-state index in [0.717, 1.165) is 26.0 Å². The van der Waals surface area contributed by atoms with Gasteiger partial charge in [0.25, 0.3) is 0 Å². The van der Waals surface area contributed by atoms with Crippen molar-refractivity contribution in [3.8, 4) is 5.75 Å². The summed E-state index contributed by atoms with van der Waals surface area (Å²) in [5.74, 6) is -0.174. The van der Waals surface area contributed by atoms with Crippen LogP contribution in [0.3, 0.4) is 0 Å². The second-order valence-electron chi connectivity index (χ2n) is 6.06. The maximum absolute atomic E-state index is 13.5. The molecule has 1 aromatic carbocycles. The third kappa shape index (κ3) is 4.90. The second kappa shape index (κ2) is 8.41. The molecule has 2 aliphatic heterocycles. The van der Waals surface area contributed by atoms with E-state index in [1.54, 1.807) is 0 Å². The number of hydrogen-bond donors (Lipinski definition) is 2. The van der Waals surface area contributed by atoms with Crippen LogP contribution < -0.4 is 15.4 Å². The van der Waals surface area contributed by atoms with E-state index in [1.165, 1.54) is 18.2 Å². The van der Waals surface area contributed by atoms with Crippen LogP contribution in [0.4, 0.5) is 10.1 Å². The van der Waals surface area contributed by atoms with E-state index in [4.69, 9.17) is 14.2 Å². The number of rotatable bonds is 6. The van der Waals surface area contributed by atoms with E-state index in [1.807, 2.05) is 0 Å². The highest BCUT2D eigenvalue weighted by molar-refractivity contribution is 5.92. The maximum atomic E-state index is 13.5. The number of morpholine rings is 1. The third-order valence-electron chi connectivity index (χ3n) is 4.09. The Balaban J connectivity index is 1.58. The highest BCUT2D eigenvalue weighted by atomic mass is 19.1. The van der Waals surface area contributed by atoms with E-state index < -0.39 is 5.82 Å². The maximum Gasteiger partial charge on any atom is 0.226 e. The van der Waals surface area contributed by atoms with Crippen molar-refractivity contribution < 1.29 is 23.4 Å². The Hall–Kier alpha value is -1.70. The molecule has 132 valence electrons. The van der Waals surface area contributed by atoms with Gasteiger partial charge in [0.05, 0.1) is 25.0 Å². The third-order valence-corrected chi connectivity index (χ3v) is 4.09. The van der Waals surface area contributed by atoms with Gasteiger partial charge >= 0.3 is 0 Å². The molecule has 1 amide bonds. The molecule has 0 bridgehead atoms. The van der Waals surface area contributed by atoms with Crippen LogP contribution in [-0.2, 0) is 14.3 Å². The fourth-order valence-corrected chi connectivity index (χ4v) is 2.86. The van der Waals surface area contributed by atoms with Crippen LogP contribution in [0.1, 0.15) is 19.3 Å². The molecule has 2 saturated heterocycles. The number of ether oxygens (including phenoxy) is 3. The van der Waals surface area contributed by atoms with Crippen molar-refractivity contribution in [3.63, 3.8) is 0 Å². The summed E-state index contributed by atoms with van der Waals surface area (Å²) >= 11 is 0. The van der Waals surface area contributed by atoms with Gasteiger partial charge in [-0.2, -0.15) is 0 Å². The first kappa shape index (κ1) is 17.1. The number of benzene rings is 1. The number of anilines is 1. The van der Waals surface area contributed by atoms with E-state index >= 15 is 0 Å². The monoisotopic (exact) mass is 338 g/mol. The Morgan fingerprint density at radius 2 is 2.33 bits per heavy atom. The average Bonchev–Trinajstić information content (AvgIpc) is 3.08. The van der Waals surface area contributed by atoms with E-state index in [0.29, 0.717) is 31.3 Å². The lowest BCUT2D eigenvalue weighted by Crippen LogP contribution is -2.43.